The van der Waals surface area contributed by atoms with Crippen molar-refractivity contribution in [3.05, 3.63) is 18.2 Å². The van der Waals surface area contributed by atoms with Crippen molar-refractivity contribution in [1.29, 1.82) is 0 Å². The zero-order valence-electron chi connectivity index (χ0n) is 10.9. The predicted octanol–water partition coefficient (Wildman–Crippen LogP) is 1.73. The molecule has 1 aromatic heterocycles. The number of hydrogen-bond acceptors (Lipinski definition) is 5. The second kappa shape index (κ2) is 6.05. The van der Waals surface area contributed by atoms with Crippen molar-refractivity contribution in [2.45, 2.75) is 19.8 Å². The van der Waals surface area contributed by atoms with Gasteiger partial charge in [0.15, 0.2) is 0 Å². The number of aromatic amines is 1. The van der Waals surface area contributed by atoms with Gasteiger partial charge in [-0.1, -0.05) is 6.07 Å². The van der Waals surface area contributed by atoms with Crippen LogP contribution in [0, 0.1) is 0 Å². The van der Waals surface area contributed by atoms with Gasteiger partial charge in [-0.2, -0.15) is 0 Å². The molecule has 0 fully saturated rings. The lowest BCUT2D eigenvalue weighted by Crippen LogP contribution is -2.10. The normalized spacial score (nSPS) is 10.4. The van der Waals surface area contributed by atoms with Crippen LogP contribution in [-0.2, 0) is 9.59 Å². The quantitative estimate of drug-likeness (QED) is 0.780. The summed E-state index contributed by atoms with van der Waals surface area (Å²) in [7, 11) is 0. The molecule has 2 aromatic rings. The van der Waals surface area contributed by atoms with Gasteiger partial charge in [0.1, 0.15) is 11.3 Å². The molecular weight excluding hydrogens is 264 g/mol. The van der Waals surface area contributed by atoms with E-state index in [0.29, 0.717) is 23.3 Å². The number of esters is 1. The van der Waals surface area contributed by atoms with Crippen molar-refractivity contribution in [2.75, 3.05) is 6.61 Å². The highest BCUT2D eigenvalue weighted by Gasteiger charge is 2.15. The average molecular weight is 278 g/mol. The molecule has 0 aliphatic rings. The molecule has 0 aliphatic carbocycles. The molecule has 0 atom stereocenters. The van der Waals surface area contributed by atoms with Gasteiger partial charge in [-0.25, -0.2) is 0 Å². The van der Waals surface area contributed by atoms with Crippen LogP contribution in [0.1, 0.15) is 19.8 Å². The summed E-state index contributed by atoms with van der Waals surface area (Å²) >= 11 is 0. The number of H-pyrrole nitrogens is 1. The van der Waals surface area contributed by atoms with Gasteiger partial charge in [0.05, 0.1) is 24.8 Å². The van der Waals surface area contributed by atoms with Crippen LogP contribution >= 0.6 is 0 Å². The molecule has 1 aromatic carbocycles. The Morgan fingerprint density at radius 2 is 2.15 bits per heavy atom. The summed E-state index contributed by atoms with van der Waals surface area (Å²) in [4.78, 5) is 21.9. The van der Waals surface area contributed by atoms with E-state index in [1.807, 2.05) is 6.92 Å². The smallest absolute Gasteiger partial charge is 0.313 e. The Morgan fingerprint density at radius 1 is 1.35 bits per heavy atom. The molecule has 0 saturated heterocycles. The van der Waals surface area contributed by atoms with Gasteiger partial charge in [0, 0.05) is 0 Å². The molecule has 20 heavy (non-hydrogen) atoms. The predicted molar refractivity (Wildman–Crippen MR) is 69.8 cm³/mol. The van der Waals surface area contributed by atoms with Crippen LogP contribution in [0.4, 0.5) is 0 Å². The number of carbonyl (C=O) groups excluding carboxylic acids is 1. The SMILES string of the molecule is CCOc1cccc2c(OC(=O)CCC(=O)O)n[nH]c12. The van der Waals surface area contributed by atoms with Crippen LogP contribution in [0.25, 0.3) is 10.9 Å². The minimum atomic E-state index is -1.05. The summed E-state index contributed by atoms with van der Waals surface area (Å²) in [5.41, 5.74) is 0.635. The Morgan fingerprint density at radius 3 is 2.85 bits per heavy atom. The number of aromatic nitrogens is 2. The van der Waals surface area contributed by atoms with Crippen molar-refractivity contribution in [3.8, 4) is 11.6 Å². The van der Waals surface area contributed by atoms with Gasteiger partial charge in [0.2, 0.25) is 5.88 Å². The molecule has 0 aliphatic heterocycles. The van der Waals surface area contributed by atoms with Gasteiger partial charge in [-0.05, 0) is 19.1 Å². The molecule has 0 amide bonds. The highest BCUT2D eigenvalue weighted by atomic mass is 16.5. The first-order chi connectivity index (χ1) is 9.61. The number of carboxylic acid groups (broad SMARTS) is 1. The number of para-hydroxylation sites is 1. The van der Waals surface area contributed by atoms with E-state index in [9.17, 15) is 9.59 Å². The molecule has 0 unspecified atom stereocenters. The minimum Gasteiger partial charge on any atom is -0.492 e. The zero-order chi connectivity index (χ0) is 14.5. The number of nitrogens with one attached hydrogen (secondary N) is 1. The fraction of sp³-hybridized carbons (Fsp3) is 0.308. The number of carboxylic acids is 1. The molecule has 7 nitrogen and oxygen atoms in total. The number of carbonyl (C=O) groups is 2. The van der Waals surface area contributed by atoms with E-state index in [4.69, 9.17) is 14.6 Å². The number of fused-ring (bicyclic) bond motifs is 1. The number of hydrogen-bond donors (Lipinski definition) is 2. The Kier molecular flexibility index (Phi) is 4.19. The van der Waals surface area contributed by atoms with Gasteiger partial charge >= 0.3 is 11.9 Å². The van der Waals surface area contributed by atoms with E-state index in [0.717, 1.165) is 0 Å². The lowest BCUT2D eigenvalue weighted by atomic mass is 10.2. The molecule has 0 saturated carbocycles. The second-order valence-electron chi connectivity index (χ2n) is 4.01. The third-order valence-corrected chi connectivity index (χ3v) is 2.58. The summed E-state index contributed by atoms with van der Waals surface area (Å²) in [6.45, 7) is 2.37. The fourth-order valence-corrected chi connectivity index (χ4v) is 1.71. The summed E-state index contributed by atoms with van der Waals surface area (Å²) < 4.78 is 10.5. The Labute approximate surface area is 114 Å². The standard InChI is InChI=1S/C13H14N2O5/c1-2-19-9-5-3-4-8-12(9)14-15-13(8)20-11(18)7-6-10(16)17/h3-5H,2,6-7H2,1H3,(H,14,15)(H,16,17). The van der Waals surface area contributed by atoms with Crippen LogP contribution in [0.2, 0.25) is 0 Å². The van der Waals surface area contributed by atoms with Crippen molar-refractivity contribution < 1.29 is 24.2 Å². The highest BCUT2D eigenvalue weighted by molar-refractivity contribution is 5.91. The van der Waals surface area contributed by atoms with E-state index >= 15 is 0 Å². The van der Waals surface area contributed by atoms with Crippen LogP contribution < -0.4 is 9.47 Å². The molecule has 1 heterocycles. The average Bonchev–Trinajstić information content (AvgIpc) is 2.81. The Bertz CT molecular complexity index is 635. The third kappa shape index (κ3) is 3.05. The second-order valence-corrected chi connectivity index (χ2v) is 4.01. The summed E-state index contributed by atoms with van der Waals surface area (Å²) in [6.07, 6.45) is -0.472. The maximum Gasteiger partial charge on any atom is 0.313 e. The maximum atomic E-state index is 11.5. The summed E-state index contributed by atoms with van der Waals surface area (Å²) in [5.74, 6) is -0.947. The van der Waals surface area contributed by atoms with E-state index in [1.165, 1.54) is 0 Å². The Balaban J connectivity index is 2.17. The number of nitrogens with zero attached hydrogens (tertiary/aromatic N) is 1. The fourth-order valence-electron chi connectivity index (χ4n) is 1.71. The monoisotopic (exact) mass is 278 g/mol. The molecule has 0 radical (unpaired) electrons. The first-order valence-electron chi connectivity index (χ1n) is 6.14. The molecule has 2 N–H and O–H groups in total. The van der Waals surface area contributed by atoms with Gasteiger partial charge in [-0.3, -0.25) is 14.7 Å². The zero-order valence-corrected chi connectivity index (χ0v) is 10.9. The first kappa shape index (κ1) is 13.9. The lowest BCUT2D eigenvalue weighted by Gasteiger charge is -2.03. The number of aliphatic carboxylic acids is 1. The summed E-state index contributed by atoms with van der Waals surface area (Å²) in [6, 6.07) is 5.28. The van der Waals surface area contributed by atoms with Crippen molar-refractivity contribution in [1.82, 2.24) is 10.2 Å². The van der Waals surface area contributed by atoms with Crippen LogP contribution in [0.3, 0.4) is 0 Å². The van der Waals surface area contributed by atoms with Crippen molar-refractivity contribution >= 4 is 22.8 Å². The first-order valence-corrected chi connectivity index (χ1v) is 6.14. The van der Waals surface area contributed by atoms with E-state index in [-0.39, 0.29) is 18.7 Å². The third-order valence-electron chi connectivity index (χ3n) is 2.58. The van der Waals surface area contributed by atoms with E-state index < -0.39 is 11.9 Å². The number of ether oxygens (including phenoxy) is 2. The largest absolute Gasteiger partial charge is 0.492 e. The van der Waals surface area contributed by atoms with Crippen molar-refractivity contribution in [2.24, 2.45) is 0 Å². The molecule has 0 spiro atoms. The molecule has 0 bridgehead atoms. The maximum absolute atomic E-state index is 11.5. The minimum absolute atomic E-state index is 0.122. The van der Waals surface area contributed by atoms with Crippen molar-refractivity contribution in [3.63, 3.8) is 0 Å². The van der Waals surface area contributed by atoms with Gasteiger partial charge in [0.25, 0.3) is 0 Å². The van der Waals surface area contributed by atoms with Crippen LogP contribution in [0.15, 0.2) is 18.2 Å². The van der Waals surface area contributed by atoms with Gasteiger partial charge in [-0.15, -0.1) is 5.10 Å². The number of benzene rings is 1. The molecule has 2 rings (SSSR count). The number of rotatable bonds is 6. The van der Waals surface area contributed by atoms with Gasteiger partial charge < -0.3 is 14.6 Å². The molecular formula is C13H14N2O5. The summed E-state index contributed by atoms with van der Waals surface area (Å²) in [5, 5.41) is 15.8. The van der Waals surface area contributed by atoms with Crippen LogP contribution in [0.5, 0.6) is 11.6 Å². The van der Waals surface area contributed by atoms with Crippen LogP contribution in [-0.4, -0.2) is 33.8 Å². The molecule has 106 valence electrons. The lowest BCUT2D eigenvalue weighted by molar-refractivity contribution is -0.142. The molecule has 7 heteroatoms. The Hall–Kier alpha value is -2.57. The highest BCUT2D eigenvalue weighted by Crippen LogP contribution is 2.29. The van der Waals surface area contributed by atoms with E-state index in [1.54, 1.807) is 18.2 Å². The van der Waals surface area contributed by atoms with E-state index in [2.05, 4.69) is 10.2 Å². The topological polar surface area (TPSA) is 102 Å².